The molecule has 0 bridgehead atoms. The minimum Gasteiger partial charge on any atom is -0.405 e. The smallest absolute Gasteiger partial charge is 0.266 e. The summed E-state index contributed by atoms with van der Waals surface area (Å²) < 4.78 is 0. The van der Waals surface area contributed by atoms with Crippen LogP contribution in [-0.2, 0) is 22.6 Å². The fourth-order valence-electron chi connectivity index (χ4n) is 4.25. The van der Waals surface area contributed by atoms with Gasteiger partial charge in [0.15, 0.2) is 5.75 Å². The topological polar surface area (TPSA) is 96.0 Å². The van der Waals surface area contributed by atoms with E-state index < -0.39 is 29.7 Å². The predicted octanol–water partition coefficient (Wildman–Crippen LogP) is 1.44. The lowest BCUT2D eigenvalue weighted by Crippen LogP contribution is -2.54. The fourth-order valence-corrected chi connectivity index (χ4v) is 4.25. The lowest BCUT2D eigenvalue weighted by Gasteiger charge is -2.29. The van der Waals surface area contributed by atoms with Crippen molar-refractivity contribution in [1.29, 1.82) is 0 Å². The first-order valence-corrected chi connectivity index (χ1v) is 9.87. The van der Waals surface area contributed by atoms with Crippen molar-refractivity contribution in [2.75, 3.05) is 6.54 Å². The molecule has 0 radical (unpaired) electrons. The first kappa shape index (κ1) is 18.5. The third kappa shape index (κ3) is 2.96. The van der Waals surface area contributed by atoms with Crippen molar-refractivity contribution in [3.05, 3.63) is 64.7 Å². The zero-order chi connectivity index (χ0) is 20.8. The second-order valence-corrected chi connectivity index (χ2v) is 7.60. The van der Waals surface area contributed by atoms with Gasteiger partial charge in [0.25, 0.3) is 11.8 Å². The van der Waals surface area contributed by atoms with Crippen LogP contribution in [0.15, 0.2) is 42.5 Å². The molecule has 1 saturated heterocycles. The van der Waals surface area contributed by atoms with Gasteiger partial charge in [-0.15, -0.1) is 5.06 Å². The highest BCUT2D eigenvalue weighted by molar-refractivity contribution is 6.24. The molecule has 2 aromatic carbocycles. The zero-order valence-corrected chi connectivity index (χ0v) is 16.1. The Labute approximate surface area is 172 Å². The second kappa shape index (κ2) is 7.07. The van der Waals surface area contributed by atoms with Gasteiger partial charge in [-0.2, -0.15) is 0 Å². The predicted molar refractivity (Wildman–Crippen MR) is 104 cm³/mol. The Morgan fingerprint density at radius 2 is 1.70 bits per heavy atom. The molecule has 1 N–H and O–H groups in total. The molecule has 1 atom stereocenters. The van der Waals surface area contributed by atoms with Crippen LogP contribution in [0.3, 0.4) is 0 Å². The number of benzene rings is 2. The molecule has 2 aromatic rings. The molecular weight excluding hydrogens is 386 g/mol. The maximum Gasteiger partial charge on any atom is 0.266 e. The van der Waals surface area contributed by atoms with E-state index in [2.05, 4.69) is 11.4 Å². The van der Waals surface area contributed by atoms with E-state index in [1.54, 1.807) is 23.3 Å². The molecule has 1 fully saturated rings. The fraction of sp³-hybridized carbons (Fsp3) is 0.273. The molecule has 30 heavy (non-hydrogen) atoms. The van der Waals surface area contributed by atoms with Gasteiger partial charge in [0.05, 0.1) is 17.7 Å². The van der Waals surface area contributed by atoms with Gasteiger partial charge < -0.3 is 4.84 Å². The van der Waals surface area contributed by atoms with Crippen LogP contribution in [0.1, 0.15) is 44.7 Å². The first-order chi connectivity index (χ1) is 14.5. The second-order valence-electron chi connectivity index (χ2n) is 7.60. The van der Waals surface area contributed by atoms with Gasteiger partial charge in [-0.05, 0) is 36.1 Å². The Kier molecular flexibility index (Phi) is 4.36. The number of hydroxylamine groups is 2. The van der Waals surface area contributed by atoms with Crippen LogP contribution in [-0.4, -0.2) is 46.2 Å². The van der Waals surface area contributed by atoms with Crippen LogP contribution < -0.4 is 10.2 Å². The summed E-state index contributed by atoms with van der Waals surface area (Å²) in [6.07, 6.45) is 1.02. The van der Waals surface area contributed by atoms with Gasteiger partial charge in [-0.3, -0.25) is 29.4 Å². The number of hydrogen-bond acceptors (Lipinski definition) is 6. The number of carbonyl (C=O) groups excluding carboxylic acids is 4. The lowest BCUT2D eigenvalue weighted by molar-refractivity contribution is -0.136. The van der Waals surface area contributed by atoms with E-state index in [4.69, 9.17) is 4.84 Å². The number of piperidine rings is 1. The molecule has 8 nitrogen and oxygen atoms in total. The molecule has 0 saturated carbocycles. The Morgan fingerprint density at radius 3 is 2.50 bits per heavy atom. The number of hydrogen-bond donors (Lipinski definition) is 1. The molecule has 3 aliphatic heterocycles. The van der Waals surface area contributed by atoms with Gasteiger partial charge in [-0.25, -0.2) is 0 Å². The number of fused-ring (bicyclic) bond motifs is 2. The number of nitrogens with zero attached hydrogens (tertiary/aromatic N) is 2. The summed E-state index contributed by atoms with van der Waals surface area (Å²) >= 11 is 0. The monoisotopic (exact) mass is 405 g/mol. The van der Waals surface area contributed by atoms with E-state index in [9.17, 15) is 19.2 Å². The molecule has 4 amide bonds. The molecule has 0 aromatic heterocycles. The van der Waals surface area contributed by atoms with E-state index in [0.717, 1.165) is 16.9 Å². The van der Waals surface area contributed by atoms with Crippen molar-refractivity contribution in [3.63, 3.8) is 0 Å². The minimum absolute atomic E-state index is 0.0837. The van der Waals surface area contributed by atoms with Gasteiger partial charge in [-0.1, -0.05) is 30.3 Å². The van der Waals surface area contributed by atoms with Crippen LogP contribution in [0.4, 0.5) is 0 Å². The van der Waals surface area contributed by atoms with Gasteiger partial charge in [0.1, 0.15) is 6.04 Å². The largest absolute Gasteiger partial charge is 0.405 e. The van der Waals surface area contributed by atoms with Crippen LogP contribution >= 0.6 is 0 Å². The number of rotatable bonds is 3. The standard InChI is InChI=1S/C22H19N3O5/c26-18-9-8-16(20(27)23-18)25-21(28)15-6-3-7-17(19(15)22(25)29)30-24-11-10-13-4-1-2-5-14(13)12-24/h1-7,16H,8-12H2,(H,23,26,27). The summed E-state index contributed by atoms with van der Waals surface area (Å²) in [5, 5.41) is 3.97. The molecule has 3 aliphatic rings. The summed E-state index contributed by atoms with van der Waals surface area (Å²) in [7, 11) is 0. The summed E-state index contributed by atoms with van der Waals surface area (Å²) in [5.74, 6) is -1.85. The number of imide groups is 2. The molecule has 5 rings (SSSR count). The molecule has 3 heterocycles. The average molecular weight is 405 g/mol. The zero-order valence-electron chi connectivity index (χ0n) is 16.1. The first-order valence-electron chi connectivity index (χ1n) is 9.87. The number of carbonyl (C=O) groups is 4. The maximum atomic E-state index is 13.1. The van der Waals surface area contributed by atoms with Crippen molar-refractivity contribution in [3.8, 4) is 5.75 Å². The highest BCUT2D eigenvalue weighted by Gasteiger charge is 2.46. The minimum atomic E-state index is -0.996. The highest BCUT2D eigenvalue weighted by atomic mass is 16.7. The molecule has 0 spiro atoms. The van der Waals surface area contributed by atoms with E-state index in [1.807, 2.05) is 18.2 Å². The number of nitrogens with one attached hydrogen (secondary N) is 1. The molecule has 0 aliphatic carbocycles. The van der Waals surface area contributed by atoms with Crippen molar-refractivity contribution < 1.29 is 24.0 Å². The van der Waals surface area contributed by atoms with Crippen molar-refractivity contribution >= 4 is 23.6 Å². The molecule has 8 heteroatoms. The Hall–Kier alpha value is -3.52. The van der Waals surface area contributed by atoms with Gasteiger partial charge in [0.2, 0.25) is 11.8 Å². The van der Waals surface area contributed by atoms with E-state index in [0.29, 0.717) is 18.8 Å². The van der Waals surface area contributed by atoms with Crippen LogP contribution in [0.5, 0.6) is 5.75 Å². The normalized spacial score (nSPS) is 21.3. The number of amides is 4. The van der Waals surface area contributed by atoms with Crippen molar-refractivity contribution in [1.82, 2.24) is 15.3 Å². The molecule has 152 valence electrons. The SMILES string of the molecule is O=C1CCC(N2C(=O)c3cccc(ON4CCc5ccccc5C4)c3C2=O)C(=O)N1. The Morgan fingerprint density at radius 1 is 0.900 bits per heavy atom. The molecule has 1 unspecified atom stereocenters. The Balaban J connectivity index is 1.41. The molecular formula is C22H19N3O5. The maximum absolute atomic E-state index is 13.1. The summed E-state index contributed by atoms with van der Waals surface area (Å²) in [4.78, 5) is 56.7. The lowest BCUT2D eigenvalue weighted by atomic mass is 10.0. The van der Waals surface area contributed by atoms with Gasteiger partial charge >= 0.3 is 0 Å². The summed E-state index contributed by atoms with van der Waals surface area (Å²) in [6.45, 7) is 1.22. The van der Waals surface area contributed by atoms with E-state index in [1.165, 1.54) is 5.56 Å². The summed E-state index contributed by atoms with van der Waals surface area (Å²) in [5.41, 5.74) is 2.79. The average Bonchev–Trinajstić information content (AvgIpc) is 2.99. The Bertz CT molecular complexity index is 1100. The van der Waals surface area contributed by atoms with Crippen LogP contribution in [0, 0.1) is 0 Å². The van der Waals surface area contributed by atoms with Crippen LogP contribution in [0.25, 0.3) is 0 Å². The van der Waals surface area contributed by atoms with Crippen LogP contribution in [0.2, 0.25) is 0 Å². The van der Waals surface area contributed by atoms with Gasteiger partial charge in [0, 0.05) is 13.0 Å². The van der Waals surface area contributed by atoms with E-state index in [-0.39, 0.29) is 24.0 Å². The summed E-state index contributed by atoms with van der Waals surface area (Å²) in [6, 6.07) is 12.0. The third-order valence-electron chi connectivity index (χ3n) is 5.75. The van der Waals surface area contributed by atoms with Crippen molar-refractivity contribution in [2.24, 2.45) is 0 Å². The third-order valence-corrected chi connectivity index (χ3v) is 5.75. The highest BCUT2D eigenvalue weighted by Crippen LogP contribution is 2.34. The van der Waals surface area contributed by atoms with E-state index >= 15 is 0 Å². The quantitative estimate of drug-likeness (QED) is 0.777. The van der Waals surface area contributed by atoms with Crippen molar-refractivity contribution in [2.45, 2.75) is 31.8 Å².